The van der Waals surface area contributed by atoms with Crippen molar-refractivity contribution in [3.8, 4) is 0 Å². The molecule has 2 aromatic carbocycles. The van der Waals surface area contributed by atoms with Crippen LogP contribution in [0, 0.1) is 0 Å². The first kappa shape index (κ1) is 20.6. The highest BCUT2D eigenvalue weighted by Gasteiger charge is 2.30. The zero-order chi connectivity index (χ0) is 22.0. The van der Waals surface area contributed by atoms with Gasteiger partial charge < -0.3 is 0 Å². The molecule has 0 bridgehead atoms. The molecule has 0 aliphatic carbocycles. The summed E-state index contributed by atoms with van der Waals surface area (Å²) in [5, 5.41) is 0. The number of aryl methyl sites for hydroxylation is 1. The van der Waals surface area contributed by atoms with Gasteiger partial charge in [-0.05, 0) is 41.8 Å². The smallest absolute Gasteiger partial charge is 0.287 e. The van der Waals surface area contributed by atoms with Gasteiger partial charge in [0.15, 0.2) is 5.52 Å². The van der Waals surface area contributed by atoms with Crippen LogP contribution >= 0.6 is 0 Å². The zero-order valence-corrected chi connectivity index (χ0v) is 16.3. The molecule has 0 atom stereocenters. The second-order valence-electron chi connectivity index (χ2n) is 7.13. The summed E-state index contributed by atoms with van der Waals surface area (Å²) in [5.41, 5.74) is -0.253. The van der Waals surface area contributed by atoms with Crippen LogP contribution in [0.4, 0.5) is 13.2 Å². The van der Waals surface area contributed by atoms with Crippen molar-refractivity contribution in [3.63, 3.8) is 0 Å². The third-order valence-corrected chi connectivity index (χ3v) is 5.05. The highest BCUT2D eigenvalue weighted by molar-refractivity contribution is 5.73. The lowest BCUT2D eigenvalue weighted by molar-refractivity contribution is -0.137. The third kappa shape index (κ3) is 4.28. The number of pyridine rings is 1. The molecule has 2 aromatic heterocycles. The monoisotopic (exact) mass is 425 g/mol. The molecule has 2 heterocycles. The van der Waals surface area contributed by atoms with Crippen LogP contribution in [0.5, 0.6) is 0 Å². The molecule has 0 radical (unpaired) electrons. The summed E-state index contributed by atoms with van der Waals surface area (Å²) < 4.78 is 41.7. The van der Waals surface area contributed by atoms with Gasteiger partial charge in [0.25, 0.3) is 5.56 Å². The van der Waals surface area contributed by atoms with Gasteiger partial charge in [-0.25, -0.2) is 9.78 Å². The van der Waals surface area contributed by atoms with Gasteiger partial charge >= 0.3 is 11.9 Å². The maximum Gasteiger partial charge on any atom is 0.416 e. The summed E-state index contributed by atoms with van der Waals surface area (Å²) in [7, 11) is 0. The van der Waals surface area contributed by atoms with Crippen molar-refractivity contribution in [2.24, 2.45) is 0 Å². The van der Waals surface area contributed by atoms with Crippen LogP contribution in [-0.4, -0.2) is 14.1 Å². The number of rotatable bonds is 5. The topological polar surface area (TPSA) is 56.9 Å². The van der Waals surface area contributed by atoms with E-state index < -0.39 is 23.0 Å². The van der Waals surface area contributed by atoms with Gasteiger partial charge in [-0.15, -0.1) is 0 Å². The number of nitrogens with zero attached hydrogens (tertiary/aromatic N) is 3. The molecule has 0 amide bonds. The van der Waals surface area contributed by atoms with Crippen LogP contribution in [0.25, 0.3) is 11.0 Å². The lowest BCUT2D eigenvalue weighted by Gasteiger charge is -2.15. The largest absolute Gasteiger partial charge is 0.416 e. The molecule has 0 N–H and O–H groups in total. The first-order valence-corrected chi connectivity index (χ1v) is 9.63. The Kier molecular flexibility index (Phi) is 5.46. The lowest BCUT2D eigenvalue weighted by atomic mass is 10.1. The van der Waals surface area contributed by atoms with E-state index in [2.05, 4.69) is 4.98 Å². The van der Waals surface area contributed by atoms with E-state index in [0.717, 1.165) is 22.3 Å². The van der Waals surface area contributed by atoms with E-state index in [0.29, 0.717) is 12.0 Å². The SMILES string of the molecule is O=c1c2ncccc2n(Cc2cccc(C(F)(F)F)c2)c(=O)n1CCc1ccccc1. The molecule has 0 aliphatic rings. The fourth-order valence-corrected chi connectivity index (χ4v) is 3.51. The van der Waals surface area contributed by atoms with E-state index in [4.69, 9.17) is 0 Å². The quantitative estimate of drug-likeness (QED) is 0.488. The van der Waals surface area contributed by atoms with E-state index in [-0.39, 0.29) is 24.1 Å². The average molecular weight is 425 g/mol. The van der Waals surface area contributed by atoms with Crippen molar-refractivity contribution >= 4 is 11.0 Å². The Hall–Kier alpha value is -3.68. The average Bonchev–Trinajstić information content (AvgIpc) is 2.77. The minimum atomic E-state index is -4.49. The molecule has 4 rings (SSSR count). The molecule has 0 saturated carbocycles. The lowest BCUT2D eigenvalue weighted by Crippen LogP contribution is -2.41. The highest BCUT2D eigenvalue weighted by atomic mass is 19.4. The van der Waals surface area contributed by atoms with Gasteiger partial charge in [-0.3, -0.25) is 13.9 Å². The van der Waals surface area contributed by atoms with Gasteiger partial charge in [-0.1, -0.05) is 42.5 Å². The molecule has 0 spiro atoms. The molecule has 0 saturated heterocycles. The minimum absolute atomic E-state index is 0.0992. The number of hydrogen-bond donors (Lipinski definition) is 0. The zero-order valence-electron chi connectivity index (χ0n) is 16.3. The van der Waals surface area contributed by atoms with Crippen LogP contribution in [0.15, 0.2) is 82.5 Å². The molecular formula is C23H18F3N3O2. The van der Waals surface area contributed by atoms with Crippen molar-refractivity contribution < 1.29 is 13.2 Å². The van der Waals surface area contributed by atoms with Crippen molar-refractivity contribution in [1.29, 1.82) is 0 Å². The first-order valence-electron chi connectivity index (χ1n) is 9.63. The van der Waals surface area contributed by atoms with Crippen LogP contribution in [0.2, 0.25) is 0 Å². The van der Waals surface area contributed by atoms with Gasteiger partial charge in [0.05, 0.1) is 17.6 Å². The first-order chi connectivity index (χ1) is 14.8. The molecule has 5 nitrogen and oxygen atoms in total. The molecule has 0 aliphatic heterocycles. The Balaban J connectivity index is 1.80. The van der Waals surface area contributed by atoms with Gasteiger partial charge in [-0.2, -0.15) is 13.2 Å². The Morgan fingerprint density at radius 1 is 0.839 bits per heavy atom. The molecule has 4 aromatic rings. The van der Waals surface area contributed by atoms with Crippen molar-refractivity contribution in [2.45, 2.75) is 25.7 Å². The van der Waals surface area contributed by atoms with Crippen molar-refractivity contribution in [3.05, 3.63) is 110 Å². The maximum atomic E-state index is 13.2. The highest BCUT2D eigenvalue weighted by Crippen LogP contribution is 2.29. The number of hydrogen-bond acceptors (Lipinski definition) is 3. The molecular weight excluding hydrogens is 407 g/mol. The second kappa shape index (κ2) is 8.22. The number of alkyl halides is 3. The van der Waals surface area contributed by atoms with Gasteiger partial charge in [0.2, 0.25) is 0 Å². The second-order valence-corrected chi connectivity index (χ2v) is 7.13. The Morgan fingerprint density at radius 2 is 1.58 bits per heavy atom. The molecule has 0 unspecified atom stereocenters. The molecule has 158 valence electrons. The summed E-state index contributed by atoms with van der Waals surface area (Å²) in [6.45, 7) is 0.0212. The van der Waals surface area contributed by atoms with Crippen molar-refractivity contribution in [1.82, 2.24) is 14.1 Å². The fraction of sp³-hybridized carbons (Fsp3) is 0.174. The van der Waals surface area contributed by atoms with Crippen LogP contribution in [0.1, 0.15) is 16.7 Å². The third-order valence-electron chi connectivity index (χ3n) is 5.05. The van der Waals surface area contributed by atoms with Gasteiger partial charge in [0.1, 0.15) is 0 Å². The molecule has 8 heteroatoms. The Labute approximate surface area is 175 Å². The predicted molar refractivity (Wildman–Crippen MR) is 111 cm³/mol. The summed E-state index contributed by atoms with van der Waals surface area (Å²) >= 11 is 0. The summed E-state index contributed by atoms with van der Waals surface area (Å²) in [4.78, 5) is 30.2. The number of fused-ring (bicyclic) bond motifs is 1. The van der Waals surface area contributed by atoms with Crippen LogP contribution < -0.4 is 11.2 Å². The van der Waals surface area contributed by atoms with E-state index in [1.54, 1.807) is 12.1 Å². The van der Waals surface area contributed by atoms with E-state index in [9.17, 15) is 22.8 Å². The summed E-state index contributed by atoms with van der Waals surface area (Å²) in [6, 6.07) is 17.4. The van der Waals surface area contributed by atoms with Crippen LogP contribution in [-0.2, 0) is 25.7 Å². The summed E-state index contributed by atoms with van der Waals surface area (Å²) in [6.07, 6.45) is -2.58. The molecule has 0 fully saturated rings. The van der Waals surface area contributed by atoms with Crippen LogP contribution in [0.3, 0.4) is 0 Å². The van der Waals surface area contributed by atoms with E-state index in [1.165, 1.54) is 22.9 Å². The van der Waals surface area contributed by atoms with E-state index >= 15 is 0 Å². The normalized spacial score (nSPS) is 11.7. The Morgan fingerprint density at radius 3 is 2.32 bits per heavy atom. The summed E-state index contributed by atoms with van der Waals surface area (Å²) in [5.74, 6) is 0. The number of aromatic nitrogens is 3. The standard InChI is InChI=1S/C23H18F3N3O2/c24-23(25,26)18-9-4-8-17(14-18)15-29-19-10-5-12-27-20(19)21(30)28(22(29)31)13-11-16-6-2-1-3-7-16/h1-10,12,14H,11,13,15H2. The number of benzene rings is 2. The predicted octanol–water partition coefficient (Wildman–Crippen LogP) is 3.87. The Bertz CT molecular complexity index is 1340. The number of halogens is 3. The maximum absolute atomic E-state index is 13.2. The minimum Gasteiger partial charge on any atom is -0.287 e. The van der Waals surface area contributed by atoms with E-state index in [1.807, 2.05) is 30.3 Å². The van der Waals surface area contributed by atoms with Crippen molar-refractivity contribution in [2.75, 3.05) is 0 Å². The fourth-order valence-electron chi connectivity index (χ4n) is 3.51. The molecule has 31 heavy (non-hydrogen) atoms. The van der Waals surface area contributed by atoms with Gasteiger partial charge in [0, 0.05) is 12.7 Å².